The number of hydrogen-bond acceptors (Lipinski definition) is 7. The van der Waals surface area contributed by atoms with Crippen molar-refractivity contribution in [1.82, 2.24) is 29.7 Å². The van der Waals surface area contributed by atoms with Crippen LogP contribution in [0.3, 0.4) is 0 Å². The summed E-state index contributed by atoms with van der Waals surface area (Å²) < 4.78 is 20.4. The third-order valence-corrected chi connectivity index (χ3v) is 3.71. The van der Waals surface area contributed by atoms with E-state index in [1.165, 1.54) is 35.3 Å². The number of halogens is 1. The molecule has 4 rings (SSSR count). The van der Waals surface area contributed by atoms with Gasteiger partial charge in [0.2, 0.25) is 5.91 Å². The molecule has 10 nitrogen and oxygen atoms in total. The Labute approximate surface area is 150 Å². The van der Waals surface area contributed by atoms with Crippen molar-refractivity contribution in [2.24, 2.45) is 0 Å². The van der Waals surface area contributed by atoms with Crippen molar-refractivity contribution >= 4 is 22.9 Å². The minimum Gasteiger partial charge on any atom is -0.360 e. The highest BCUT2D eigenvalue weighted by Crippen LogP contribution is 2.12. The Morgan fingerprint density at radius 2 is 2.07 bits per heavy atom. The van der Waals surface area contributed by atoms with Gasteiger partial charge in [0, 0.05) is 6.07 Å². The monoisotopic (exact) mass is 369 g/mol. The smallest absolute Gasteiger partial charge is 0.284 e. The van der Waals surface area contributed by atoms with E-state index in [0.717, 1.165) is 4.57 Å². The van der Waals surface area contributed by atoms with Crippen LogP contribution in [-0.2, 0) is 11.3 Å². The number of hydrogen-bond donors (Lipinski definition) is 1. The number of nitrogens with zero attached hydrogens (tertiary/aromatic N) is 6. The van der Waals surface area contributed by atoms with Crippen LogP contribution in [0, 0.1) is 12.7 Å². The van der Waals surface area contributed by atoms with E-state index in [0.29, 0.717) is 11.4 Å². The first-order valence-corrected chi connectivity index (χ1v) is 7.81. The highest BCUT2D eigenvalue weighted by atomic mass is 19.1. The summed E-state index contributed by atoms with van der Waals surface area (Å²) in [6, 6.07) is 7.06. The molecule has 1 amide bonds. The van der Waals surface area contributed by atoms with Crippen molar-refractivity contribution in [1.29, 1.82) is 0 Å². The van der Waals surface area contributed by atoms with Crippen LogP contribution in [0.25, 0.3) is 16.9 Å². The number of nitrogens with one attached hydrogen (secondary N) is 1. The highest BCUT2D eigenvalue weighted by Gasteiger charge is 2.15. The van der Waals surface area contributed by atoms with Gasteiger partial charge in [-0.05, 0) is 31.2 Å². The van der Waals surface area contributed by atoms with Crippen molar-refractivity contribution in [3.63, 3.8) is 0 Å². The first-order chi connectivity index (χ1) is 13.0. The number of amides is 1. The molecule has 0 saturated heterocycles. The first-order valence-electron chi connectivity index (χ1n) is 7.81. The first kappa shape index (κ1) is 16.6. The quantitative estimate of drug-likeness (QED) is 0.571. The molecule has 1 N–H and O–H groups in total. The minimum absolute atomic E-state index is 0.00749. The zero-order valence-electron chi connectivity index (χ0n) is 14.0. The highest BCUT2D eigenvalue weighted by molar-refractivity contribution is 5.89. The predicted octanol–water partition coefficient (Wildman–Crippen LogP) is 1.05. The molecule has 0 unspecified atom stereocenters. The Morgan fingerprint density at radius 3 is 2.78 bits per heavy atom. The fraction of sp³-hybridized carbons (Fsp3) is 0.125. The summed E-state index contributed by atoms with van der Waals surface area (Å²) in [4.78, 5) is 28.8. The average Bonchev–Trinajstić information content (AvgIpc) is 3.25. The van der Waals surface area contributed by atoms with Crippen molar-refractivity contribution in [3.8, 4) is 5.69 Å². The fourth-order valence-electron chi connectivity index (χ4n) is 2.48. The molecular formula is C16H12FN7O3. The lowest BCUT2D eigenvalue weighted by Gasteiger charge is -2.05. The second kappa shape index (κ2) is 6.44. The SMILES string of the molecule is Cc1cc(NC(=O)Cn2cnc3c(nnn3-c3ccc(F)cc3)c2=O)no1. The molecule has 11 heteroatoms. The van der Waals surface area contributed by atoms with Gasteiger partial charge < -0.3 is 9.84 Å². The number of anilines is 1. The van der Waals surface area contributed by atoms with E-state index in [4.69, 9.17) is 4.52 Å². The maximum atomic E-state index is 13.1. The Morgan fingerprint density at radius 1 is 1.30 bits per heavy atom. The van der Waals surface area contributed by atoms with Crippen LogP contribution < -0.4 is 10.9 Å². The third kappa shape index (κ3) is 3.17. The van der Waals surface area contributed by atoms with Crippen LogP contribution in [0.15, 0.2) is 46.0 Å². The van der Waals surface area contributed by atoms with E-state index >= 15 is 0 Å². The maximum absolute atomic E-state index is 13.1. The molecule has 3 aromatic heterocycles. The minimum atomic E-state index is -0.528. The van der Waals surface area contributed by atoms with Gasteiger partial charge >= 0.3 is 0 Å². The summed E-state index contributed by atoms with van der Waals surface area (Å²) in [5.74, 6) is -0.0749. The van der Waals surface area contributed by atoms with E-state index in [1.54, 1.807) is 13.0 Å². The van der Waals surface area contributed by atoms with Gasteiger partial charge in [-0.1, -0.05) is 10.4 Å². The molecule has 27 heavy (non-hydrogen) atoms. The Bertz CT molecular complexity index is 1190. The number of rotatable bonds is 4. The number of aryl methyl sites for hydroxylation is 1. The van der Waals surface area contributed by atoms with Gasteiger partial charge in [-0.15, -0.1) is 5.10 Å². The lowest BCUT2D eigenvalue weighted by Crippen LogP contribution is -2.28. The summed E-state index contributed by atoms with van der Waals surface area (Å²) in [5, 5.41) is 13.9. The second-order valence-electron chi connectivity index (χ2n) is 5.70. The van der Waals surface area contributed by atoms with Gasteiger partial charge in [0.15, 0.2) is 17.0 Å². The number of carbonyl (C=O) groups is 1. The van der Waals surface area contributed by atoms with E-state index in [1.807, 2.05) is 0 Å². The average molecular weight is 369 g/mol. The summed E-state index contributed by atoms with van der Waals surface area (Å²) in [5.41, 5.74) is 0.171. The van der Waals surface area contributed by atoms with Crippen molar-refractivity contribution < 1.29 is 13.7 Å². The van der Waals surface area contributed by atoms with E-state index in [2.05, 4.69) is 25.8 Å². The van der Waals surface area contributed by atoms with E-state index < -0.39 is 17.3 Å². The maximum Gasteiger partial charge on any atom is 0.284 e. The second-order valence-corrected chi connectivity index (χ2v) is 5.70. The van der Waals surface area contributed by atoms with Gasteiger partial charge in [0.05, 0.1) is 5.69 Å². The molecule has 0 bridgehead atoms. The van der Waals surface area contributed by atoms with Crippen LogP contribution in [0.5, 0.6) is 0 Å². The molecule has 0 radical (unpaired) electrons. The largest absolute Gasteiger partial charge is 0.360 e. The standard InChI is InChI=1S/C16H12FN7O3/c1-9-6-12(21-27-9)19-13(25)7-23-8-18-15-14(16(23)26)20-22-24(15)11-4-2-10(17)3-5-11/h2-6,8H,7H2,1H3,(H,19,21,25). The molecule has 0 aliphatic heterocycles. The van der Waals surface area contributed by atoms with Crippen molar-refractivity contribution in [2.45, 2.75) is 13.5 Å². The van der Waals surface area contributed by atoms with Crippen molar-refractivity contribution in [3.05, 3.63) is 58.6 Å². The summed E-state index contributed by atoms with van der Waals surface area (Å²) in [7, 11) is 0. The Balaban J connectivity index is 1.62. The number of fused-ring (bicyclic) bond motifs is 1. The zero-order valence-corrected chi connectivity index (χ0v) is 14.0. The number of aromatic nitrogens is 6. The molecule has 3 heterocycles. The Hall–Kier alpha value is -3.89. The van der Waals surface area contributed by atoms with Gasteiger partial charge in [-0.3, -0.25) is 14.2 Å². The summed E-state index contributed by atoms with van der Waals surface area (Å²) >= 11 is 0. The summed E-state index contributed by atoms with van der Waals surface area (Å²) in [6.45, 7) is 1.41. The van der Waals surface area contributed by atoms with Gasteiger partial charge in [-0.25, -0.2) is 9.37 Å². The number of carbonyl (C=O) groups excluding carboxylic acids is 1. The molecule has 136 valence electrons. The zero-order chi connectivity index (χ0) is 19.0. The van der Waals surface area contributed by atoms with Crippen LogP contribution in [0.1, 0.15) is 5.76 Å². The van der Waals surface area contributed by atoms with Crippen LogP contribution >= 0.6 is 0 Å². The topological polar surface area (TPSA) is 121 Å². The molecule has 0 aliphatic rings. The molecule has 0 spiro atoms. The van der Waals surface area contributed by atoms with E-state index in [-0.39, 0.29) is 23.5 Å². The molecule has 4 aromatic rings. The lowest BCUT2D eigenvalue weighted by atomic mass is 10.3. The van der Waals surface area contributed by atoms with Crippen LogP contribution in [-0.4, -0.2) is 35.6 Å². The fourth-order valence-corrected chi connectivity index (χ4v) is 2.48. The molecule has 0 atom stereocenters. The molecular weight excluding hydrogens is 357 g/mol. The predicted molar refractivity (Wildman–Crippen MR) is 90.7 cm³/mol. The van der Waals surface area contributed by atoms with Crippen LogP contribution in [0.4, 0.5) is 10.2 Å². The molecule has 0 aliphatic carbocycles. The lowest BCUT2D eigenvalue weighted by molar-refractivity contribution is -0.116. The molecule has 0 fully saturated rings. The van der Waals surface area contributed by atoms with Gasteiger partial charge in [0.1, 0.15) is 24.4 Å². The third-order valence-electron chi connectivity index (χ3n) is 3.71. The van der Waals surface area contributed by atoms with Gasteiger partial charge in [0.25, 0.3) is 5.56 Å². The molecule has 1 aromatic carbocycles. The van der Waals surface area contributed by atoms with E-state index in [9.17, 15) is 14.0 Å². The van der Waals surface area contributed by atoms with Crippen molar-refractivity contribution in [2.75, 3.05) is 5.32 Å². The molecule has 0 saturated carbocycles. The number of benzene rings is 1. The van der Waals surface area contributed by atoms with Crippen LogP contribution in [0.2, 0.25) is 0 Å². The normalized spacial score (nSPS) is 11.0. The Kier molecular flexibility index (Phi) is 3.95. The van der Waals surface area contributed by atoms with Gasteiger partial charge in [-0.2, -0.15) is 4.68 Å². The summed E-state index contributed by atoms with van der Waals surface area (Å²) in [6.07, 6.45) is 1.22.